The van der Waals surface area contributed by atoms with Gasteiger partial charge in [0, 0.05) is 0 Å². The molecular weight excluding hydrogens is 166 g/mol. The van der Waals surface area contributed by atoms with Gasteiger partial charge in [-0.1, -0.05) is 6.07 Å². The van der Waals surface area contributed by atoms with Crippen molar-refractivity contribution in [2.75, 3.05) is 0 Å². The van der Waals surface area contributed by atoms with E-state index in [1.54, 1.807) is 18.2 Å². The van der Waals surface area contributed by atoms with Crippen molar-refractivity contribution in [1.82, 2.24) is 4.98 Å². The van der Waals surface area contributed by atoms with Crippen molar-refractivity contribution in [3.63, 3.8) is 0 Å². The van der Waals surface area contributed by atoms with Crippen LogP contribution in [-0.2, 0) is 0 Å². The minimum Gasteiger partial charge on any atom is -0.322 e. The molecule has 0 unspecified atom stereocenters. The summed E-state index contributed by atoms with van der Waals surface area (Å²) in [7, 11) is 0. The third kappa shape index (κ3) is 2.36. The molecule has 4 heteroatoms. The minimum absolute atomic E-state index is 0.204. The van der Waals surface area contributed by atoms with Crippen molar-refractivity contribution in [2.24, 2.45) is 5.73 Å². The Labute approximate surface area is 76.0 Å². The van der Waals surface area contributed by atoms with Gasteiger partial charge in [0.15, 0.2) is 6.29 Å². The molecule has 2 N–H and O–H groups in total. The number of pyridine rings is 1. The van der Waals surface area contributed by atoms with Crippen molar-refractivity contribution in [1.29, 1.82) is 5.26 Å². The fourth-order valence-electron chi connectivity index (χ4n) is 0.944. The molecular formula is C9H9N3O. The maximum Gasteiger partial charge on any atom is 0.168 e. The van der Waals surface area contributed by atoms with E-state index in [0.717, 1.165) is 0 Å². The number of aromatic nitrogens is 1. The van der Waals surface area contributed by atoms with Crippen LogP contribution in [0.15, 0.2) is 18.2 Å². The number of aldehydes is 1. The first-order valence-electron chi connectivity index (χ1n) is 3.82. The number of hydrogen-bond donors (Lipinski definition) is 1. The number of rotatable bonds is 3. The van der Waals surface area contributed by atoms with Crippen LogP contribution in [0.2, 0.25) is 0 Å². The molecule has 0 aliphatic heterocycles. The van der Waals surface area contributed by atoms with Gasteiger partial charge >= 0.3 is 0 Å². The number of nitrogens with zero attached hydrogens (tertiary/aromatic N) is 2. The molecule has 0 fully saturated rings. The number of nitriles is 1. The van der Waals surface area contributed by atoms with Crippen LogP contribution in [0, 0.1) is 11.3 Å². The Morgan fingerprint density at radius 2 is 2.46 bits per heavy atom. The Balaban J connectivity index is 2.89. The van der Waals surface area contributed by atoms with E-state index >= 15 is 0 Å². The highest BCUT2D eigenvalue weighted by molar-refractivity contribution is 5.71. The van der Waals surface area contributed by atoms with Crippen LogP contribution >= 0.6 is 0 Å². The average molecular weight is 175 g/mol. The van der Waals surface area contributed by atoms with E-state index in [1.807, 2.05) is 6.07 Å². The molecule has 0 spiro atoms. The van der Waals surface area contributed by atoms with Crippen LogP contribution < -0.4 is 5.73 Å². The maximum absolute atomic E-state index is 10.4. The number of nitrogens with two attached hydrogens (primary N) is 1. The molecule has 0 aromatic carbocycles. The third-order valence-corrected chi connectivity index (χ3v) is 1.60. The molecule has 0 bridgehead atoms. The molecule has 0 aliphatic rings. The van der Waals surface area contributed by atoms with Crippen LogP contribution in [0.4, 0.5) is 0 Å². The summed E-state index contributed by atoms with van der Waals surface area (Å²) in [5.74, 6) is 0. The quantitative estimate of drug-likeness (QED) is 0.689. The predicted octanol–water partition coefficient (Wildman–Crippen LogP) is 0.808. The normalized spacial score (nSPS) is 11.7. The van der Waals surface area contributed by atoms with Crippen LogP contribution in [0.5, 0.6) is 0 Å². The van der Waals surface area contributed by atoms with Crippen LogP contribution in [0.1, 0.15) is 28.6 Å². The third-order valence-electron chi connectivity index (χ3n) is 1.60. The Kier molecular flexibility index (Phi) is 3.12. The lowest BCUT2D eigenvalue weighted by Gasteiger charge is -2.05. The summed E-state index contributed by atoms with van der Waals surface area (Å²) in [6.45, 7) is 0. The van der Waals surface area contributed by atoms with E-state index in [2.05, 4.69) is 4.98 Å². The summed E-state index contributed by atoms with van der Waals surface area (Å²) >= 11 is 0. The Morgan fingerprint density at radius 1 is 1.69 bits per heavy atom. The lowest BCUT2D eigenvalue weighted by Crippen LogP contribution is -2.11. The molecule has 66 valence electrons. The topological polar surface area (TPSA) is 79.8 Å². The Morgan fingerprint density at radius 3 is 3.08 bits per heavy atom. The van der Waals surface area contributed by atoms with Crippen LogP contribution in [0.25, 0.3) is 0 Å². The lowest BCUT2D eigenvalue weighted by atomic mass is 10.1. The molecule has 1 aromatic heterocycles. The van der Waals surface area contributed by atoms with Gasteiger partial charge < -0.3 is 5.73 Å². The highest BCUT2D eigenvalue weighted by Gasteiger charge is 2.06. The fourth-order valence-corrected chi connectivity index (χ4v) is 0.944. The fraction of sp³-hybridized carbons (Fsp3) is 0.222. The molecule has 0 aliphatic carbocycles. The minimum atomic E-state index is -0.412. The molecule has 0 radical (unpaired) electrons. The second-order valence-electron chi connectivity index (χ2n) is 2.57. The summed E-state index contributed by atoms with van der Waals surface area (Å²) in [6, 6.07) is 6.53. The molecule has 0 saturated heterocycles. The van der Waals surface area contributed by atoms with E-state index in [9.17, 15) is 4.79 Å². The van der Waals surface area contributed by atoms with Gasteiger partial charge in [0.25, 0.3) is 0 Å². The highest BCUT2D eigenvalue weighted by Crippen LogP contribution is 2.10. The van der Waals surface area contributed by atoms with Gasteiger partial charge in [-0.05, 0) is 12.1 Å². The standard InChI is InChI=1S/C9H9N3O/c10-5-4-8(11)9-3-1-2-7(6-13)12-9/h1-3,6,8H,4,11H2/t8-/m0/s1. The van der Waals surface area contributed by atoms with E-state index in [0.29, 0.717) is 17.7 Å². The average Bonchev–Trinajstić information content (AvgIpc) is 2.18. The highest BCUT2D eigenvalue weighted by atomic mass is 16.1. The van der Waals surface area contributed by atoms with Gasteiger partial charge in [-0.15, -0.1) is 0 Å². The van der Waals surface area contributed by atoms with E-state index < -0.39 is 6.04 Å². The zero-order valence-electron chi connectivity index (χ0n) is 6.97. The first kappa shape index (κ1) is 9.36. The van der Waals surface area contributed by atoms with Crippen molar-refractivity contribution in [2.45, 2.75) is 12.5 Å². The molecule has 1 rings (SSSR count). The Bertz CT molecular complexity index is 343. The smallest absolute Gasteiger partial charge is 0.168 e. The maximum atomic E-state index is 10.4. The van der Waals surface area contributed by atoms with Crippen molar-refractivity contribution >= 4 is 6.29 Å². The second-order valence-corrected chi connectivity index (χ2v) is 2.57. The second kappa shape index (κ2) is 4.33. The monoisotopic (exact) mass is 175 g/mol. The van der Waals surface area contributed by atoms with Crippen molar-refractivity contribution in [3.05, 3.63) is 29.6 Å². The number of carbonyl (C=O) groups excluding carboxylic acids is 1. The zero-order valence-corrected chi connectivity index (χ0v) is 6.97. The van der Waals surface area contributed by atoms with Gasteiger partial charge in [0.1, 0.15) is 5.69 Å². The zero-order chi connectivity index (χ0) is 9.68. The van der Waals surface area contributed by atoms with Gasteiger partial charge in [-0.2, -0.15) is 5.26 Å². The molecule has 13 heavy (non-hydrogen) atoms. The van der Waals surface area contributed by atoms with Crippen molar-refractivity contribution in [3.8, 4) is 6.07 Å². The van der Waals surface area contributed by atoms with Gasteiger partial charge in [0.2, 0.25) is 0 Å². The van der Waals surface area contributed by atoms with Gasteiger partial charge in [-0.25, -0.2) is 4.98 Å². The van der Waals surface area contributed by atoms with Gasteiger partial charge in [0.05, 0.1) is 24.2 Å². The van der Waals surface area contributed by atoms with E-state index in [-0.39, 0.29) is 6.42 Å². The summed E-state index contributed by atoms with van der Waals surface area (Å²) in [4.78, 5) is 14.3. The van der Waals surface area contributed by atoms with E-state index in [4.69, 9.17) is 11.0 Å². The van der Waals surface area contributed by atoms with Crippen molar-refractivity contribution < 1.29 is 4.79 Å². The lowest BCUT2D eigenvalue weighted by molar-refractivity contribution is 0.111. The summed E-state index contributed by atoms with van der Waals surface area (Å²) < 4.78 is 0. The Hall–Kier alpha value is -1.73. The summed E-state index contributed by atoms with van der Waals surface area (Å²) in [6.07, 6.45) is 0.859. The number of carbonyl (C=O) groups is 1. The first-order chi connectivity index (χ1) is 6.27. The summed E-state index contributed by atoms with van der Waals surface area (Å²) in [5.41, 5.74) is 6.54. The number of hydrogen-bond acceptors (Lipinski definition) is 4. The summed E-state index contributed by atoms with van der Waals surface area (Å²) in [5, 5.41) is 8.40. The van der Waals surface area contributed by atoms with Gasteiger partial charge in [-0.3, -0.25) is 4.79 Å². The molecule has 4 nitrogen and oxygen atoms in total. The van der Waals surface area contributed by atoms with Crippen LogP contribution in [-0.4, -0.2) is 11.3 Å². The largest absolute Gasteiger partial charge is 0.322 e. The van der Waals surface area contributed by atoms with E-state index in [1.165, 1.54) is 0 Å². The molecule has 0 amide bonds. The molecule has 1 heterocycles. The van der Waals surface area contributed by atoms with Crippen LogP contribution in [0.3, 0.4) is 0 Å². The molecule has 1 atom stereocenters. The first-order valence-corrected chi connectivity index (χ1v) is 3.82. The molecule has 1 aromatic rings. The predicted molar refractivity (Wildman–Crippen MR) is 46.8 cm³/mol. The molecule has 0 saturated carbocycles. The SMILES string of the molecule is N#CC[C@H](N)c1cccc(C=O)n1.